The Morgan fingerprint density at radius 3 is 2.19 bits per heavy atom. The van der Waals surface area contributed by atoms with Crippen molar-refractivity contribution in [3.63, 3.8) is 0 Å². The first kappa shape index (κ1) is 14.9. The Kier molecular flexibility index (Phi) is 8.58. The van der Waals surface area contributed by atoms with Crippen LogP contribution in [0.3, 0.4) is 0 Å². The molecular formula is C12H23NO3. The Labute approximate surface area is 97.6 Å². The van der Waals surface area contributed by atoms with Crippen molar-refractivity contribution in [1.29, 1.82) is 0 Å². The van der Waals surface area contributed by atoms with Crippen molar-refractivity contribution in [3.8, 4) is 0 Å². The number of nitrogens with zero attached hydrogens (tertiary/aromatic N) is 1. The minimum Gasteiger partial charge on any atom is -0.481 e. The predicted octanol–water partition coefficient (Wildman–Crippen LogP) is 2.28. The summed E-state index contributed by atoms with van der Waals surface area (Å²) in [7, 11) is 0. The molecule has 1 amide bonds. The quantitative estimate of drug-likeness (QED) is 0.617. The van der Waals surface area contributed by atoms with Gasteiger partial charge in [0.25, 0.3) is 0 Å². The molecule has 0 rings (SSSR count). The zero-order valence-corrected chi connectivity index (χ0v) is 10.4. The van der Waals surface area contributed by atoms with Gasteiger partial charge in [-0.25, -0.2) is 0 Å². The molecule has 0 aromatic heterocycles. The Morgan fingerprint density at radius 2 is 1.69 bits per heavy atom. The van der Waals surface area contributed by atoms with Crippen LogP contribution in [0.25, 0.3) is 0 Å². The maximum absolute atomic E-state index is 11.8. The molecule has 0 aromatic rings. The maximum Gasteiger partial charge on any atom is 0.305 e. The van der Waals surface area contributed by atoms with Crippen molar-refractivity contribution >= 4 is 11.9 Å². The average Bonchev–Trinajstić information content (AvgIpc) is 2.24. The van der Waals surface area contributed by atoms with Crippen LogP contribution >= 0.6 is 0 Å². The van der Waals surface area contributed by atoms with E-state index in [2.05, 4.69) is 6.92 Å². The molecule has 4 heteroatoms. The summed E-state index contributed by atoms with van der Waals surface area (Å²) >= 11 is 0. The molecular weight excluding hydrogens is 206 g/mol. The highest BCUT2D eigenvalue weighted by Gasteiger charge is 2.13. The largest absolute Gasteiger partial charge is 0.481 e. The SMILES string of the molecule is CCCCCC(=O)N(CCC)CCC(=O)O. The fourth-order valence-corrected chi connectivity index (χ4v) is 1.55. The topological polar surface area (TPSA) is 57.6 Å². The molecule has 0 radical (unpaired) electrons. The van der Waals surface area contributed by atoms with Crippen LogP contribution in [0.5, 0.6) is 0 Å². The monoisotopic (exact) mass is 229 g/mol. The number of unbranched alkanes of at least 4 members (excludes halogenated alkanes) is 2. The van der Waals surface area contributed by atoms with Crippen LogP contribution in [-0.2, 0) is 9.59 Å². The Balaban J connectivity index is 3.97. The standard InChI is InChI=1S/C12H23NO3/c1-3-5-6-7-11(14)13(9-4-2)10-8-12(15)16/h3-10H2,1-2H3,(H,15,16). The molecule has 1 N–H and O–H groups in total. The summed E-state index contributed by atoms with van der Waals surface area (Å²) in [4.78, 5) is 23.9. The van der Waals surface area contributed by atoms with Gasteiger partial charge < -0.3 is 10.0 Å². The van der Waals surface area contributed by atoms with E-state index in [1.54, 1.807) is 4.90 Å². The second-order valence-electron chi connectivity index (χ2n) is 3.98. The Hall–Kier alpha value is -1.06. The first-order valence-electron chi connectivity index (χ1n) is 6.11. The van der Waals surface area contributed by atoms with Crippen molar-refractivity contribution in [2.75, 3.05) is 13.1 Å². The van der Waals surface area contributed by atoms with Gasteiger partial charge in [-0.05, 0) is 12.8 Å². The van der Waals surface area contributed by atoms with Crippen molar-refractivity contribution < 1.29 is 14.7 Å². The highest BCUT2D eigenvalue weighted by atomic mass is 16.4. The molecule has 0 atom stereocenters. The van der Waals surface area contributed by atoms with E-state index in [4.69, 9.17) is 5.11 Å². The Morgan fingerprint density at radius 1 is 1.00 bits per heavy atom. The van der Waals surface area contributed by atoms with E-state index in [-0.39, 0.29) is 12.3 Å². The molecule has 0 saturated heterocycles. The minimum absolute atomic E-state index is 0.0412. The molecule has 0 bridgehead atoms. The first-order chi connectivity index (χ1) is 7.61. The molecule has 0 aliphatic carbocycles. The van der Waals surface area contributed by atoms with Crippen molar-refractivity contribution in [3.05, 3.63) is 0 Å². The lowest BCUT2D eigenvalue weighted by molar-refractivity contribution is -0.138. The molecule has 0 saturated carbocycles. The molecule has 0 aliphatic heterocycles. The molecule has 0 fully saturated rings. The molecule has 0 aromatic carbocycles. The average molecular weight is 229 g/mol. The highest BCUT2D eigenvalue weighted by molar-refractivity contribution is 5.77. The van der Waals surface area contributed by atoms with E-state index >= 15 is 0 Å². The number of hydrogen-bond donors (Lipinski definition) is 1. The Bertz CT molecular complexity index is 216. The van der Waals surface area contributed by atoms with E-state index in [1.807, 2.05) is 6.92 Å². The number of carbonyl (C=O) groups is 2. The molecule has 0 aliphatic rings. The zero-order chi connectivity index (χ0) is 12.4. The smallest absolute Gasteiger partial charge is 0.305 e. The zero-order valence-electron chi connectivity index (χ0n) is 10.4. The normalized spacial score (nSPS) is 10.1. The third-order valence-corrected chi connectivity index (χ3v) is 2.44. The van der Waals surface area contributed by atoms with Crippen LogP contribution in [0, 0.1) is 0 Å². The number of carboxylic acid groups (broad SMARTS) is 1. The van der Waals surface area contributed by atoms with E-state index in [0.29, 0.717) is 19.5 Å². The van der Waals surface area contributed by atoms with Crippen molar-refractivity contribution in [1.82, 2.24) is 4.90 Å². The van der Waals surface area contributed by atoms with Gasteiger partial charge in [0, 0.05) is 19.5 Å². The number of hydrogen-bond acceptors (Lipinski definition) is 2. The molecule has 16 heavy (non-hydrogen) atoms. The summed E-state index contributed by atoms with van der Waals surface area (Å²) in [6, 6.07) is 0. The van der Waals surface area contributed by atoms with Gasteiger partial charge in [0.05, 0.1) is 6.42 Å². The first-order valence-corrected chi connectivity index (χ1v) is 6.11. The number of rotatable bonds is 9. The van der Waals surface area contributed by atoms with Gasteiger partial charge >= 0.3 is 5.97 Å². The van der Waals surface area contributed by atoms with E-state index in [0.717, 1.165) is 25.7 Å². The molecule has 94 valence electrons. The van der Waals surface area contributed by atoms with Gasteiger partial charge in [-0.2, -0.15) is 0 Å². The summed E-state index contributed by atoms with van der Waals surface area (Å²) in [6.07, 6.45) is 4.52. The van der Waals surface area contributed by atoms with Gasteiger partial charge in [0.1, 0.15) is 0 Å². The fraction of sp³-hybridized carbons (Fsp3) is 0.833. The summed E-state index contributed by atoms with van der Waals surface area (Å²) < 4.78 is 0. The fourth-order valence-electron chi connectivity index (χ4n) is 1.55. The summed E-state index contributed by atoms with van der Waals surface area (Å²) in [5.74, 6) is -0.751. The number of carbonyl (C=O) groups excluding carboxylic acids is 1. The van der Waals surface area contributed by atoms with Crippen LogP contribution in [-0.4, -0.2) is 35.0 Å². The minimum atomic E-state index is -0.845. The summed E-state index contributed by atoms with van der Waals surface area (Å²) in [5, 5.41) is 8.59. The van der Waals surface area contributed by atoms with Gasteiger partial charge in [0.15, 0.2) is 0 Å². The van der Waals surface area contributed by atoms with Crippen molar-refractivity contribution in [2.45, 2.75) is 52.4 Å². The number of carboxylic acids is 1. The third kappa shape index (κ3) is 7.26. The third-order valence-electron chi connectivity index (χ3n) is 2.44. The van der Waals surface area contributed by atoms with Gasteiger partial charge in [-0.15, -0.1) is 0 Å². The van der Waals surface area contributed by atoms with Crippen LogP contribution in [0.2, 0.25) is 0 Å². The molecule has 0 heterocycles. The lowest BCUT2D eigenvalue weighted by Crippen LogP contribution is -2.33. The number of aliphatic carboxylic acids is 1. The lowest BCUT2D eigenvalue weighted by atomic mass is 10.2. The van der Waals surface area contributed by atoms with E-state index < -0.39 is 5.97 Å². The molecule has 0 unspecified atom stereocenters. The van der Waals surface area contributed by atoms with Crippen LogP contribution in [0.1, 0.15) is 52.4 Å². The second-order valence-corrected chi connectivity index (χ2v) is 3.98. The van der Waals surface area contributed by atoms with Crippen molar-refractivity contribution in [2.24, 2.45) is 0 Å². The van der Waals surface area contributed by atoms with Gasteiger partial charge in [-0.3, -0.25) is 9.59 Å². The maximum atomic E-state index is 11.8. The predicted molar refractivity (Wildman–Crippen MR) is 63.3 cm³/mol. The summed E-state index contributed by atoms with van der Waals surface area (Å²) in [6.45, 7) is 5.10. The summed E-state index contributed by atoms with van der Waals surface area (Å²) in [5.41, 5.74) is 0. The lowest BCUT2D eigenvalue weighted by Gasteiger charge is -2.21. The molecule has 4 nitrogen and oxygen atoms in total. The van der Waals surface area contributed by atoms with E-state index in [1.165, 1.54) is 0 Å². The van der Waals surface area contributed by atoms with Gasteiger partial charge in [0.2, 0.25) is 5.91 Å². The van der Waals surface area contributed by atoms with Gasteiger partial charge in [-0.1, -0.05) is 26.7 Å². The highest BCUT2D eigenvalue weighted by Crippen LogP contribution is 2.04. The molecule has 0 spiro atoms. The second kappa shape index (κ2) is 9.19. The van der Waals surface area contributed by atoms with Crippen LogP contribution < -0.4 is 0 Å². The van der Waals surface area contributed by atoms with Crippen LogP contribution in [0.4, 0.5) is 0 Å². The van der Waals surface area contributed by atoms with E-state index in [9.17, 15) is 9.59 Å². The number of amides is 1. The van der Waals surface area contributed by atoms with Crippen LogP contribution in [0.15, 0.2) is 0 Å².